The van der Waals surface area contributed by atoms with Crippen LogP contribution < -0.4 is 0 Å². The normalized spacial score (nSPS) is 13.5. The molecule has 0 amide bonds. The number of rotatable bonds is 9. The van der Waals surface area contributed by atoms with E-state index >= 15 is 0 Å². The molecule has 0 fully saturated rings. The third-order valence-corrected chi connectivity index (χ3v) is 3.28. The van der Waals surface area contributed by atoms with E-state index in [-0.39, 0.29) is 0 Å². The lowest BCUT2D eigenvalue weighted by atomic mass is 9.93. The zero-order valence-electron chi connectivity index (χ0n) is 10.7. The Hall–Kier alpha value is 0. The molecule has 0 rings (SSSR count). The first-order valence-electron chi connectivity index (χ1n) is 6.57. The first-order chi connectivity index (χ1) is 6.74. The van der Waals surface area contributed by atoms with E-state index < -0.39 is 0 Å². The van der Waals surface area contributed by atoms with Crippen molar-refractivity contribution in [2.24, 2.45) is 11.8 Å². The van der Waals surface area contributed by atoms with Crippen LogP contribution >= 0.6 is 0 Å². The van der Waals surface area contributed by atoms with Gasteiger partial charge < -0.3 is 0 Å². The molecule has 85 valence electrons. The van der Waals surface area contributed by atoms with Crippen molar-refractivity contribution in [3.63, 3.8) is 0 Å². The highest BCUT2D eigenvalue weighted by Gasteiger charge is 2.04. The Morgan fingerprint density at radius 1 is 1.00 bits per heavy atom. The molecular weight excluding hydrogens is 168 g/mol. The summed E-state index contributed by atoms with van der Waals surface area (Å²) in [5, 5.41) is 0. The summed E-state index contributed by atoms with van der Waals surface area (Å²) < 4.78 is 0. The highest BCUT2D eigenvalue weighted by Crippen LogP contribution is 2.19. The van der Waals surface area contributed by atoms with Crippen molar-refractivity contribution in [2.45, 2.75) is 72.6 Å². The molecule has 0 N–H and O–H groups in total. The van der Waals surface area contributed by atoms with Crippen LogP contribution in [0.2, 0.25) is 0 Å². The minimum atomic E-state index is 0.835. The van der Waals surface area contributed by atoms with E-state index in [4.69, 9.17) is 0 Å². The molecule has 1 unspecified atom stereocenters. The summed E-state index contributed by atoms with van der Waals surface area (Å²) in [5.41, 5.74) is 0. The predicted octanol–water partition coefficient (Wildman–Crippen LogP) is 5.23. The molecule has 0 heteroatoms. The minimum Gasteiger partial charge on any atom is -0.0654 e. The van der Waals surface area contributed by atoms with Gasteiger partial charge in [0.1, 0.15) is 0 Å². The van der Waals surface area contributed by atoms with E-state index in [1.165, 1.54) is 44.9 Å². The van der Waals surface area contributed by atoms with Crippen LogP contribution in [-0.2, 0) is 0 Å². The molecule has 0 bridgehead atoms. The molecule has 14 heavy (non-hydrogen) atoms. The smallest absolute Gasteiger partial charge is 0.0358 e. The van der Waals surface area contributed by atoms with Crippen molar-refractivity contribution in [2.75, 3.05) is 0 Å². The fourth-order valence-corrected chi connectivity index (χ4v) is 2.08. The quantitative estimate of drug-likeness (QED) is 0.444. The first-order valence-corrected chi connectivity index (χ1v) is 6.57. The van der Waals surface area contributed by atoms with Crippen LogP contribution in [0.25, 0.3) is 0 Å². The summed E-state index contributed by atoms with van der Waals surface area (Å²) in [5.74, 6) is 1.81. The highest BCUT2D eigenvalue weighted by atomic mass is 14.1. The van der Waals surface area contributed by atoms with Crippen LogP contribution in [0.1, 0.15) is 72.6 Å². The maximum atomic E-state index is 2.52. The van der Waals surface area contributed by atoms with Crippen molar-refractivity contribution >= 4 is 0 Å². The van der Waals surface area contributed by atoms with Gasteiger partial charge in [-0.1, -0.05) is 66.2 Å². The first kappa shape index (κ1) is 14.0. The van der Waals surface area contributed by atoms with E-state index in [2.05, 4.69) is 34.1 Å². The molecule has 0 spiro atoms. The van der Waals surface area contributed by atoms with Gasteiger partial charge in [-0.15, -0.1) is 0 Å². The molecule has 0 aliphatic heterocycles. The van der Waals surface area contributed by atoms with Crippen molar-refractivity contribution in [3.8, 4) is 0 Å². The van der Waals surface area contributed by atoms with E-state index in [9.17, 15) is 0 Å². The Bertz CT molecular complexity index is 103. The molecule has 1 radical (unpaired) electrons. The molecule has 0 nitrogen and oxygen atoms in total. The summed E-state index contributed by atoms with van der Waals surface area (Å²) in [4.78, 5) is 0. The van der Waals surface area contributed by atoms with E-state index in [1.54, 1.807) is 0 Å². The second-order valence-corrected chi connectivity index (χ2v) is 4.62. The van der Waals surface area contributed by atoms with Crippen molar-refractivity contribution < 1.29 is 0 Å². The summed E-state index contributed by atoms with van der Waals surface area (Å²) in [6, 6.07) is 0. The van der Waals surface area contributed by atoms with Gasteiger partial charge in [0.15, 0.2) is 0 Å². The van der Waals surface area contributed by atoms with Gasteiger partial charge in [-0.25, -0.2) is 0 Å². The van der Waals surface area contributed by atoms with Gasteiger partial charge in [-0.3, -0.25) is 0 Å². The van der Waals surface area contributed by atoms with Gasteiger partial charge in [-0.2, -0.15) is 0 Å². The molecule has 0 saturated carbocycles. The molecule has 0 aromatic heterocycles. The zero-order valence-corrected chi connectivity index (χ0v) is 10.7. The van der Waals surface area contributed by atoms with Gasteiger partial charge in [0.25, 0.3) is 0 Å². The second kappa shape index (κ2) is 9.55. The van der Waals surface area contributed by atoms with Gasteiger partial charge in [0.2, 0.25) is 0 Å². The number of unbranched alkanes of at least 4 members (excludes halogenated alkanes) is 1. The Kier molecular flexibility index (Phi) is 9.55. The van der Waals surface area contributed by atoms with Crippen LogP contribution in [0.4, 0.5) is 0 Å². The van der Waals surface area contributed by atoms with Crippen molar-refractivity contribution in [1.82, 2.24) is 0 Å². The predicted molar refractivity (Wildman–Crippen MR) is 66.3 cm³/mol. The maximum absolute atomic E-state index is 2.52. The highest BCUT2D eigenvalue weighted by molar-refractivity contribution is 4.72. The molecule has 0 saturated heterocycles. The monoisotopic (exact) mass is 197 g/mol. The third-order valence-electron chi connectivity index (χ3n) is 3.28. The molecule has 0 aliphatic carbocycles. The number of hydrogen-bond donors (Lipinski definition) is 0. The molecule has 0 aromatic carbocycles. The van der Waals surface area contributed by atoms with E-state index in [0.29, 0.717) is 0 Å². The summed E-state index contributed by atoms with van der Waals surface area (Å²) in [6.07, 6.45) is 12.1. The van der Waals surface area contributed by atoms with Crippen LogP contribution in [0.5, 0.6) is 0 Å². The van der Waals surface area contributed by atoms with Gasteiger partial charge in [0.05, 0.1) is 0 Å². The third kappa shape index (κ3) is 7.41. The minimum absolute atomic E-state index is 0.835. The Morgan fingerprint density at radius 3 is 2.14 bits per heavy atom. The maximum Gasteiger partial charge on any atom is -0.0358 e. The Morgan fingerprint density at radius 2 is 1.64 bits per heavy atom. The van der Waals surface area contributed by atoms with Crippen molar-refractivity contribution in [3.05, 3.63) is 6.42 Å². The van der Waals surface area contributed by atoms with Gasteiger partial charge in [0, 0.05) is 0 Å². The van der Waals surface area contributed by atoms with Crippen molar-refractivity contribution in [1.29, 1.82) is 0 Å². The van der Waals surface area contributed by atoms with Gasteiger partial charge in [-0.05, 0) is 24.7 Å². The fraction of sp³-hybridized carbons (Fsp3) is 0.929. The summed E-state index contributed by atoms with van der Waals surface area (Å²) in [6.45, 7) is 9.25. The lowest BCUT2D eigenvalue weighted by Crippen LogP contribution is -1.99. The Balaban J connectivity index is 3.27. The second-order valence-electron chi connectivity index (χ2n) is 4.62. The van der Waals surface area contributed by atoms with E-state index in [0.717, 1.165) is 11.8 Å². The zero-order chi connectivity index (χ0) is 10.8. The van der Waals surface area contributed by atoms with Crippen LogP contribution in [-0.4, -0.2) is 0 Å². The molecule has 0 aliphatic rings. The summed E-state index contributed by atoms with van der Waals surface area (Å²) >= 11 is 0. The molecule has 0 heterocycles. The van der Waals surface area contributed by atoms with Gasteiger partial charge >= 0.3 is 0 Å². The molecular formula is C14H29. The van der Waals surface area contributed by atoms with Crippen LogP contribution in [0.15, 0.2) is 0 Å². The van der Waals surface area contributed by atoms with Crippen LogP contribution in [0.3, 0.4) is 0 Å². The average molecular weight is 197 g/mol. The standard InChI is InChI=1S/C14H29/c1-5-10-13(4)11-8-9-12-14(6-2)7-3/h11,13-14H,5-10,12H2,1-4H3. The lowest BCUT2D eigenvalue weighted by molar-refractivity contribution is 0.433. The fourth-order valence-electron chi connectivity index (χ4n) is 2.08. The Labute approximate surface area is 91.5 Å². The average Bonchev–Trinajstić information content (AvgIpc) is 2.19. The SMILES string of the molecule is CCCC(C)[CH]CCCC(CC)CC. The largest absolute Gasteiger partial charge is 0.0654 e. The number of hydrogen-bond acceptors (Lipinski definition) is 0. The summed E-state index contributed by atoms with van der Waals surface area (Å²) in [7, 11) is 0. The lowest BCUT2D eigenvalue weighted by Gasteiger charge is -2.13. The molecule has 0 aromatic rings. The molecule has 1 atom stereocenters. The topological polar surface area (TPSA) is 0 Å². The van der Waals surface area contributed by atoms with Crippen LogP contribution in [0, 0.1) is 18.3 Å². The van der Waals surface area contributed by atoms with E-state index in [1.807, 2.05) is 0 Å².